The Morgan fingerprint density at radius 2 is 1.81 bits per heavy atom. The third-order valence-corrected chi connectivity index (χ3v) is 5.06. The number of hydrogen-bond acceptors (Lipinski definition) is 5. The lowest BCUT2D eigenvalue weighted by atomic mass is 9.99. The number of carboxylic acids is 1. The minimum atomic E-state index is -0.904. The molecule has 0 bridgehead atoms. The number of aliphatic hydroxyl groups is 1. The van der Waals surface area contributed by atoms with Gasteiger partial charge in [-0.1, -0.05) is 48.5 Å². The molecule has 0 radical (unpaired) electrons. The van der Waals surface area contributed by atoms with E-state index < -0.39 is 12.2 Å². The zero-order valence-corrected chi connectivity index (χ0v) is 16.8. The Balaban J connectivity index is 1.59. The van der Waals surface area contributed by atoms with Gasteiger partial charge in [-0.3, -0.25) is 4.79 Å². The molecule has 6 heteroatoms. The van der Waals surface area contributed by atoms with Gasteiger partial charge in [-0.15, -0.1) is 0 Å². The Labute approximate surface area is 179 Å². The maximum atomic E-state index is 11.1. The van der Waals surface area contributed by atoms with Gasteiger partial charge < -0.3 is 25.1 Å². The number of aliphatic hydroxyl groups excluding tert-OH is 1. The maximum Gasteiger partial charge on any atom is 0.307 e. The second-order valence-electron chi connectivity index (χ2n) is 7.41. The van der Waals surface area contributed by atoms with E-state index in [1.807, 2.05) is 48.5 Å². The highest BCUT2D eigenvalue weighted by molar-refractivity contribution is 5.86. The first-order valence-electron chi connectivity index (χ1n) is 9.95. The maximum absolute atomic E-state index is 11.1. The monoisotopic (exact) mass is 417 g/mol. The molecule has 6 nitrogen and oxygen atoms in total. The van der Waals surface area contributed by atoms with Crippen molar-refractivity contribution in [1.29, 1.82) is 0 Å². The van der Waals surface area contributed by atoms with E-state index in [0.717, 1.165) is 33.2 Å². The second kappa shape index (κ2) is 9.04. The molecule has 4 N–H and O–H groups in total. The molecule has 0 aliphatic carbocycles. The predicted octanol–water partition coefficient (Wildman–Crippen LogP) is 4.13. The lowest BCUT2D eigenvalue weighted by molar-refractivity contribution is -0.136. The summed E-state index contributed by atoms with van der Waals surface area (Å²) in [6.45, 7) is 0.256. The van der Waals surface area contributed by atoms with Gasteiger partial charge in [0, 0.05) is 22.9 Å². The molecule has 0 aliphatic heterocycles. The molecule has 0 unspecified atom stereocenters. The highest BCUT2D eigenvalue weighted by Gasteiger charge is 2.12. The first-order valence-corrected chi connectivity index (χ1v) is 9.95. The molecule has 0 saturated carbocycles. The molecule has 0 amide bonds. The van der Waals surface area contributed by atoms with Gasteiger partial charge in [0.1, 0.15) is 24.2 Å². The van der Waals surface area contributed by atoms with Crippen LogP contribution in [0.5, 0.6) is 5.75 Å². The number of nitrogens with two attached hydrogens (primary N) is 1. The van der Waals surface area contributed by atoms with Gasteiger partial charge >= 0.3 is 5.97 Å². The van der Waals surface area contributed by atoms with Crippen LogP contribution in [0.15, 0.2) is 77.4 Å². The molecular weight excluding hydrogens is 394 g/mol. The van der Waals surface area contributed by atoms with Crippen molar-refractivity contribution in [3.05, 3.63) is 89.7 Å². The number of aliphatic carboxylic acids is 1. The molecule has 158 valence electrons. The highest BCUT2D eigenvalue weighted by Crippen LogP contribution is 2.30. The van der Waals surface area contributed by atoms with Crippen molar-refractivity contribution in [2.24, 2.45) is 5.73 Å². The molecule has 31 heavy (non-hydrogen) atoms. The molecular formula is C25H23NO5. The summed E-state index contributed by atoms with van der Waals surface area (Å²) in [5, 5.41) is 19.5. The van der Waals surface area contributed by atoms with E-state index in [-0.39, 0.29) is 13.0 Å². The van der Waals surface area contributed by atoms with Crippen LogP contribution >= 0.6 is 0 Å². The SMILES string of the molecule is N[C@@H](O)Cc1cccc(-c2ccc3occ(COc4ccccc4CC(=O)O)c3c2)c1. The summed E-state index contributed by atoms with van der Waals surface area (Å²) < 4.78 is 11.6. The fourth-order valence-corrected chi connectivity index (χ4v) is 3.60. The highest BCUT2D eigenvalue weighted by atomic mass is 16.5. The molecule has 3 aromatic carbocycles. The van der Waals surface area contributed by atoms with Gasteiger partial charge in [0.15, 0.2) is 0 Å². The molecule has 1 aromatic heterocycles. The van der Waals surface area contributed by atoms with E-state index >= 15 is 0 Å². The summed E-state index contributed by atoms with van der Waals surface area (Å²) in [6, 6.07) is 21.0. The number of ether oxygens (including phenoxy) is 1. The first kappa shape index (κ1) is 20.7. The molecule has 4 rings (SSSR count). The van der Waals surface area contributed by atoms with Crippen LogP contribution in [0.4, 0.5) is 0 Å². The van der Waals surface area contributed by atoms with Gasteiger partial charge in [-0.25, -0.2) is 0 Å². The minimum absolute atomic E-state index is 0.0969. The van der Waals surface area contributed by atoms with E-state index in [0.29, 0.717) is 17.7 Å². The quantitative estimate of drug-likeness (QED) is 0.372. The molecule has 0 spiro atoms. The zero-order valence-electron chi connectivity index (χ0n) is 16.8. The zero-order chi connectivity index (χ0) is 21.8. The number of para-hydroxylation sites is 1. The Morgan fingerprint density at radius 1 is 1.00 bits per heavy atom. The van der Waals surface area contributed by atoms with Gasteiger partial charge in [-0.05, 0) is 34.9 Å². The fourth-order valence-electron chi connectivity index (χ4n) is 3.60. The van der Waals surface area contributed by atoms with Crippen LogP contribution in [0, 0.1) is 0 Å². The van der Waals surface area contributed by atoms with Crippen molar-refractivity contribution in [1.82, 2.24) is 0 Å². The minimum Gasteiger partial charge on any atom is -0.488 e. The summed E-state index contributed by atoms with van der Waals surface area (Å²) >= 11 is 0. The first-order chi connectivity index (χ1) is 15.0. The van der Waals surface area contributed by atoms with Crippen molar-refractivity contribution < 1.29 is 24.2 Å². The normalized spacial score (nSPS) is 12.1. The third-order valence-electron chi connectivity index (χ3n) is 5.06. The molecule has 0 fully saturated rings. The smallest absolute Gasteiger partial charge is 0.307 e. The van der Waals surface area contributed by atoms with Gasteiger partial charge in [0.05, 0.1) is 12.7 Å². The van der Waals surface area contributed by atoms with E-state index in [1.54, 1.807) is 24.5 Å². The number of fused-ring (bicyclic) bond motifs is 1. The lowest BCUT2D eigenvalue weighted by Crippen LogP contribution is -2.21. The Morgan fingerprint density at radius 3 is 2.61 bits per heavy atom. The molecule has 1 atom stereocenters. The predicted molar refractivity (Wildman–Crippen MR) is 118 cm³/mol. The van der Waals surface area contributed by atoms with E-state index in [1.165, 1.54) is 0 Å². The van der Waals surface area contributed by atoms with Crippen LogP contribution < -0.4 is 10.5 Å². The molecule has 0 saturated heterocycles. The summed E-state index contributed by atoms with van der Waals surface area (Å²) in [6.07, 6.45) is 1.06. The lowest BCUT2D eigenvalue weighted by Gasteiger charge is -2.10. The largest absolute Gasteiger partial charge is 0.488 e. The second-order valence-corrected chi connectivity index (χ2v) is 7.41. The number of carbonyl (C=O) groups is 1. The molecule has 1 heterocycles. The van der Waals surface area contributed by atoms with Crippen LogP contribution in [0.25, 0.3) is 22.1 Å². The van der Waals surface area contributed by atoms with E-state index in [2.05, 4.69) is 0 Å². The van der Waals surface area contributed by atoms with Gasteiger partial charge in [-0.2, -0.15) is 0 Å². The summed E-state index contributed by atoms with van der Waals surface area (Å²) in [4.78, 5) is 11.1. The summed E-state index contributed by atoms with van der Waals surface area (Å²) in [7, 11) is 0. The summed E-state index contributed by atoms with van der Waals surface area (Å²) in [5.41, 5.74) is 10.7. The average molecular weight is 417 g/mol. The Kier molecular flexibility index (Phi) is 6.02. The van der Waals surface area contributed by atoms with Crippen LogP contribution in [0.2, 0.25) is 0 Å². The van der Waals surface area contributed by atoms with Crippen LogP contribution in [0.1, 0.15) is 16.7 Å². The van der Waals surface area contributed by atoms with E-state index in [4.69, 9.17) is 20.0 Å². The van der Waals surface area contributed by atoms with Crippen LogP contribution in [-0.2, 0) is 24.2 Å². The standard InChI is InChI=1S/C25H23NO5/c26-24(27)11-16-4-3-6-17(10-16)18-8-9-23-21(12-18)20(15-31-23)14-30-22-7-2-1-5-19(22)13-25(28)29/h1-10,12,15,24,27H,11,13-14,26H2,(H,28,29)/t24-/m0/s1. The van der Waals surface area contributed by atoms with Crippen molar-refractivity contribution in [2.75, 3.05) is 0 Å². The van der Waals surface area contributed by atoms with E-state index in [9.17, 15) is 9.90 Å². The number of carboxylic acid groups (broad SMARTS) is 1. The number of hydrogen-bond donors (Lipinski definition) is 3. The van der Waals surface area contributed by atoms with Gasteiger partial charge in [0.25, 0.3) is 0 Å². The van der Waals surface area contributed by atoms with Crippen molar-refractivity contribution >= 4 is 16.9 Å². The fraction of sp³-hybridized carbons (Fsp3) is 0.160. The topological polar surface area (TPSA) is 106 Å². The molecule has 0 aliphatic rings. The Hall–Kier alpha value is -3.61. The number of benzene rings is 3. The van der Waals surface area contributed by atoms with Crippen LogP contribution in [-0.4, -0.2) is 22.4 Å². The van der Waals surface area contributed by atoms with Crippen molar-refractivity contribution in [3.63, 3.8) is 0 Å². The van der Waals surface area contributed by atoms with Gasteiger partial charge in [0.2, 0.25) is 0 Å². The van der Waals surface area contributed by atoms with Crippen molar-refractivity contribution in [2.45, 2.75) is 25.7 Å². The summed E-state index contributed by atoms with van der Waals surface area (Å²) in [5.74, 6) is -0.359. The number of furan rings is 1. The van der Waals surface area contributed by atoms with Crippen LogP contribution in [0.3, 0.4) is 0 Å². The third kappa shape index (κ3) is 4.94. The molecule has 4 aromatic rings. The van der Waals surface area contributed by atoms with Crippen molar-refractivity contribution in [3.8, 4) is 16.9 Å². The average Bonchev–Trinajstić information content (AvgIpc) is 3.15. The number of rotatable bonds is 8. The Bertz CT molecular complexity index is 1210.